The molecule has 0 bridgehead atoms. The lowest BCUT2D eigenvalue weighted by Gasteiger charge is -2.31. The fourth-order valence-corrected chi connectivity index (χ4v) is 7.69. The van der Waals surface area contributed by atoms with Crippen molar-refractivity contribution < 1.29 is 0 Å². The molecular formula is C48H35N5. The summed E-state index contributed by atoms with van der Waals surface area (Å²) >= 11 is 0. The van der Waals surface area contributed by atoms with Crippen LogP contribution in [0.15, 0.2) is 193 Å². The van der Waals surface area contributed by atoms with Gasteiger partial charge in [0.25, 0.3) is 0 Å². The van der Waals surface area contributed by atoms with Gasteiger partial charge in [-0.1, -0.05) is 158 Å². The lowest BCUT2D eigenvalue weighted by Crippen LogP contribution is -2.45. The Morgan fingerprint density at radius 2 is 1.13 bits per heavy atom. The number of benzene rings is 7. The van der Waals surface area contributed by atoms with Crippen LogP contribution in [0.4, 0.5) is 0 Å². The van der Waals surface area contributed by atoms with Crippen LogP contribution in [0.3, 0.4) is 0 Å². The maximum absolute atomic E-state index is 5.20. The van der Waals surface area contributed by atoms with Gasteiger partial charge in [0.1, 0.15) is 18.2 Å². The van der Waals surface area contributed by atoms with Crippen molar-refractivity contribution in [1.29, 1.82) is 0 Å². The van der Waals surface area contributed by atoms with Crippen LogP contribution in [0.25, 0.3) is 60.5 Å². The minimum Gasteiger partial charge on any atom is -0.350 e. The number of aliphatic imine (C=N–C) groups is 1. The molecule has 2 unspecified atom stereocenters. The van der Waals surface area contributed by atoms with Crippen molar-refractivity contribution in [2.24, 2.45) is 4.99 Å². The molecule has 0 fully saturated rings. The van der Waals surface area contributed by atoms with Gasteiger partial charge in [0, 0.05) is 16.3 Å². The molecular weight excluding hydrogens is 647 g/mol. The largest absolute Gasteiger partial charge is 0.350 e. The van der Waals surface area contributed by atoms with Gasteiger partial charge < -0.3 is 9.88 Å². The van der Waals surface area contributed by atoms with Crippen LogP contribution in [-0.2, 0) is 0 Å². The maximum Gasteiger partial charge on any atom is 0.146 e. The van der Waals surface area contributed by atoms with E-state index in [0.29, 0.717) is 0 Å². The average Bonchev–Trinajstić information content (AvgIpc) is 3.59. The zero-order valence-corrected chi connectivity index (χ0v) is 28.9. The first-order valence-corrected chi connectivity index (χ1v) is 18.1. The van der Waals surface area contributed by atoms with Crippen LogP contribution in [0.5, 0.6) is 0 Å². The van der Waals surface area contributed by atoms with Crippen LogP contribution < -0.4 is 10.6 Å². The Bertz CT molecular complexity index is 2750. The van der Waals surface area contributed by atoms with Crippen LogP contribution >= 0.6 is 0 Å². The van der Waals surface area contributed by atoms with Crippen molar-refractivity contribution in [2.45, 2.75) is 12.3 Å². The molecule has 9 aromatic rings. The average molecular weight is 682 g/mol. The van der Waals surface area contributed by atoms with Gasteiger partial charge in [-0.05, 0) is 62.9 Å². The molecule has 1 aliphatic rings. The second kappa shape index (κ2) is 13.1. The van der Waals surface area contributed by atoms with E-state index in [2.05, 4.69) is 185 Å². The van der Waals surface area contributed by atoms with Gasteiger partial charge in [-0.25, -0.2) is 4.99 Å². The first-order valence-electron chi connectivity index (χ1n) is 18.1. The highest BCUT2D eigenvalue weighted by Crippen LogP contribution is 2.39. The van der Waals surface area contributed by atoms with Crippen LogP contribution in [0.1, 0.15) is 29.2 Å². The summed E-state index contributed by atoms with van der Waals surface area (Å²) in [5, 5.41) is 12.3. The number of fused-ring (bicyclic) bond motifs is 5. The first-order chi connectivity index (χ1) is 26.3. The fourth-order valence-electron chi connectivity index (χ4n) is 7.69. The maximum atomic E-state index is 5.20. The van der Waals surface area contributed by atoms with Gasteiger partial charge in [0.15, 0.2) is 0 Å². The zero-order chi connectivity index (χ0) is 35.1. The molecule has 53 heavy (non-hydrogen) atoms. The summed E-state index contributed by atoms with van der Waals surface area (Å²) in [7, 11) is 0. The summed E-state index contributed by atoms with van der Waals surface area (Å²) in [6.07, 6.45) is 1.49. The smallest absolute Gasteiger partial charge is 0.146 e. The summed E-state index contributed by atoms with van der Waals surface area (Å²) in [6, 6.07) is 64.3. The molecule has 0 spiro atoms. The minimum atomic E-state index is -0.355. The van der Waals surface area contributed by atoms with E-state index in [4.69, 9.17) is 9.98 Å². The van der Waals surface area contributed by atoms with E-state index in [-0.39, 0.29) is 12.3 Å². The predicted octanol–water partition coefficient (Wildman–Crippen LogP) is 11.0. The highest BCUT2D eigenvalue weighted by molar-refractivity contribution is 6.21. The molecule has 2 aromatic heterocycles. The zero-order valence-electron chi connectivity index (χ0n) is 28.9. The van der Waals surface area contributed by atoms with Crippen LogP contribution in [-0.4, -0.2) is 15.4 Å². The highest BCUT2D eigenvalue weighted by Gasteiger charge is 2.26. The van der Waals surface area contributed by atoms with Crippen molar-refractivity contribution >= 4 is 38.4 Å². The van der Waals surface area contributed by atoms with Crippen molar-refractivity contribution in [3.8, 4) is 27.9 Å². The van der Waals surface area contributed by atoms with Crippen molar-refractivity contribution in [3.05, 3.63) is 205 Å². The summed E-state index contributed by atoms with van der Waals surface area (Å²) in [6.45, 7) is 0. The van der Waals surface area contributed by atoms with E-state index >= 15 is 0 Å². The SMILES string of the molecule is c1ccc(-c2ccc(C3=NC(c4ccc(-n5c6cc(-c7ccccc7)ccc6c6c7ccccc7ccc65)cn4)NC(c4ccccc4)N3)cc2)cc1. The fraction of sp³-hybridized carbons (Fsp3) is 0.0417. The van der Waals surface area contributed by atoms with E-state index in [9.17, 15) is 0 Å². The van der Waals surface area contributed by atoms with E-state index < -0.39 is 0 Å². The third-order valence-corrected chi connectivity index (χ3v) is 10.3. The van der Waals surface area contributed by atoms with Crippen molar-refractivity contribution in [2.75, 3.05) is 0 Å². The molecule has 0 saturated carbocycles. The summed E-state index contributed by atoms with van der Waals surface area (Å²) in [5.41, 5.74) is 11.1. The van der Waals surface area contributed by atoms with E-state index in [0.717, 1.165) is 39.4 Å². The Labute approximate surface area is 307 Å². The quantitative estimate of drug-likeness (QED) is 0.184. The first kappa shape index (κ1) is 31.0. The van der Waals surface area contributed by atoms with Gasteiger partial charge in [0.2, 0.25) is 0 Å². The topological polar surface area (TPSA) is 54.2 Å². The van der Waals surface area contributed by atoms with Gasteiger partial charge in [0.05, 0.1) is 28.6 Å². The van der Waals surface area contributed by atoms with Crippen LogP contribution in [0, 0.1) is 0 Å². The number of hydrogen-bond acceptors (Lipinski definition) is 4. The Kier molecular flexibility index (Phi) is 7.63. The molecule has 252 valence electrons. The molecule has 0 aliphatic carbocycles. The molecule has 2 N–H and O–H groups in total. The van der Waals surface area contributed by atoms with Crippen LogP contribution in [0.2, 0.25) is 0 Å². The van der Waals surface area contributed by atoms with E-state index in [1.807, 2.05) is 18.3 Å². The minimum absolute atomic E-state index is 0.147. The standard InChI is InChI=1S/C48H35N5/c1-4-12-32(13-5-1)34-20-22-37(23-21-34)47-50-46(36-17-8-3-9-18-36)51-48(52-47)42-28-26-39(31-49-42)53-43-29-25-35-16-10-11-19-40(35)45(43)41-27-24-38(30-44(41)53)33-14-6-2-7-15-33/h1-31,46,48,51H,(H,50,52). The molecule has 5 heteroatoms. The predicted molar refractivity (Wildman–Crippen MR) is 218 cm³/mol. The lowest BCUT2D eigenvalue weighted by atomic mass is 10.0. The number of pyridine rings is 1. The second-order valence-electron chi connectivity index (χ2n) is 13.5. The van der Waals surface area contributed by atoms with E-state index in [1.165, 1.54) is 43.8 Å². The van der Waals surface area contributed by atoms with Gasteiger partial charge in [-0.15, -0.1) is 0 Å². The monoisotopic (exact) mass is 681 g/mol. The highest BCUT2D eigenvalue weighted by atomic mass is 15.3. The third-order valence-electron chi connectivity index (χ3n) is 10.3. The molecule has 7 aromatic carbocycles. The molecule has 0 saturated heterocycles. The number of nitrogens with one attached hydrogen (secondary N) is 2. The Morgan fingerprint density at radius 1 is 0.491 bits per heavy atom. The molecule has 2 atom stereocenters. The Hall–Kier alpha value is -6.82. The number of amidine groups is 1. The number of hydrogen-bond donors (Lipinski definition) is 2. The third kappa shape index (κ3) is 5.64. The molecule has 10 rings (SSSR count). The normalized spacial score (nSPS) is 15.7. The van der Waals surface area contributed by atoms with Gasteiger partial charge >= 0.3 is 0 Å². The number of nitrogens with zero attached hydrogens (tertiary/aromatic N) is 3. The number of aromatic nitrogens is 2. The van der Waals surface area contributed by atoms with E-state index in [1.54, 1.807) is 0 Å². The van der Waals surface area contributed by atoms with Gasteiger partial charge in [-0.2, -0.15) is 0 Å². The summed E-state index contributed by atoms with van der Waals surface area (Å²) in [5.74, 6) is 0.829. The van der Waals surface area contributed by atoms with Gasteiger partial charge in [-0.3, -0.25) is 10.3 Å². The molecule has 3 heterocycles. The summed E-state index contributed by atoms with van der Waals surface area (Å²) in [4.78, 5) is 10.3. The molecule has 5 nitrogen and oxygen atoms in total. The Balaban J connectivity index is 1.07. The second-order valence-corrected chi connectivity index (χ2v) is 13.5. The molecule has 0 radical (unpaired) electrons. The number of rotatable bonds is 6. The molecule has 0 amide bonds. The Morgan fingerprint density at radius 3 is 1.87 bits per heavy atom. The van der Waals surface area contributed by atoms with Crippen molar-refractivity contribution in [3.63, 3.8) is 0 Å². The lowest BCUT2D eigenvalue weighted by molar-refractivity contribution is 0.403. The molecule has 1 aliphatic heterocycles. The summed E-state index contributed by atoms with van der Waals surface area (Å²) < 4.78 is 2.35. The van der Waals surface area contributed by atoms with Crippen molar-refractivity contribution in [1.82, 2.24) is 20.2 Å².